The number of carbonyl (C=O) groups excluding carboxylic acids is 1. The molecule has 1 aromatic rings. The van der Waals surface area contributed by atoms with E-state index in [-0.39, 0.29) is 17.9 Å². The van der Waals surface area contributed by atoms with Crippen LogP contribution < -0.4 is 0 Å². The molecule has 1 heterocycles. The Balaban J connectivity index is 1.88. The molecular formula is C18H29NO3Si2. The summed E-state index contributed by atoms with van der Waals surface area (Å²) in [6, 6.07) is 9.69. The molecule has 3 rings (SSSR count). The third-order valence-electron chi connectivity index (χ3n) is 4.54. The third kappa shape index (κ3) is 3.30. The van der Waals surface area contributed by atoms with E-state index in [4.69, 9.17) is 8.95 Å². The standard InChI is InChI=1S/C18H29NO3Si2/c1-23(2,3)21-15-12-13-18(16(15)19(18)22-24(4,5)6)17(20)14-10-8-7-9-11-14/h7-11,15-16H,12-13H2,1-6H3. The minimum atomic E-state index is -1.78. The van der Waals surface area contributed by atoms with Gasteiger partial charge in [0.15, 0.2) is 14.1 Å². The number of benzene rings is 1. The molecule has 0 bridgehead atoms. The van der Waals surface area contributed by atoms with E-state index in [1.54, 1.807) is 0 Å². The number of ketones is 1. The second kappa shape index (κ2) is 5.88. The maximum atomic E-state index is 13.3. The number of nitrogens with zero attached hydrogens (tertiary/aromatic N) is 1. The topological polar surface area (TPSA) is 38.5 Å². The highest BCUT2D eigenvalue weighted by atomic mass is 28.4. The summed E-state index contributed by atoms with van der Waals surface area (Å²) in [6.45, 7) is 13.1. The van der Waals surface area contributed by atoms with Crippen LogP contribution in [0.4, 0.5) is 0 Å². The largest absolute Gasteiger partial charge is 0.413 e. The SMILES string of the molecule is C[Si](C)(C)OC1CCC2(C(=O)c3ccccc3)C1N2O[Si](C)(C)C. The summed E-state index contributed by atoms with van der Waals surface area (Å²) in [5.41, 5.74) is 0.268. The van der Waals surface area contributed by atoms with E-state index >= 15 is 0 Å². The lowest BCUT2D eigenvalue weighted by Crippen LogP contribution is -2.38. The van der Waals surface area contributed by atoms with Crippen molar-refractivity contribution >= 4 is 22.4 Å². The van der Waals surface area contributed by atoms with E-state index in [1.807, 2.05) is 35.4 Å². The Morgan fingerprint density at radius 3 is 2.25 bits per heavy atom. The van der Waals surface area contributed by atoms with Crippen LogP contribution in [0.25, 0.3) is 0 Å². The molecule has 1 saturated heterocycles. The first kappa shape index (κ1) is 18.0. The minimum Gasteiger partial charge on any atom is -0.413 e. The summed E-state index contributed by atoms with van der Waals surface area (Å²) in [7, 11) is -3.43. The van der Waals surface area contributed by atoms with Crippen molar-refractivity contribution in [2.45, 2.75) is 69.8 Å². The average molecular weight is 364 g/mol. The van der Waals surface area contributed by atoms with Gasteiger partial charge < -0.3 is 8.95 Å². The Morgan fingerprint density at radius 2 is 1.71 bits per heavy atom. The van der Waals surface area contributed by atoms with Gasteiger partial charge in [-0.1, -0.05) is 30.3 Å². The molecule has 0 spiro atoms. The van der Waals surface area contributed by atoms with Crippen LogP contribution in [0.1, 0.15) is 23.2 Å². The Hall–Kier alpha value is -0.796. The molecule has 132 valence electrons. The lowest BCUT2D eigenvalue weighted by atomic mass is 9.95. The first-order chi connectivity index (χ1) is 11.0. The van der Waals surface area contributed by atoms with Crippen molar-refractivity contribution in [3.8, 4) is 0 Å². The fourth-order valence-electron chi connectivity index (χ4n) is 3.76. The van der Waals surface area contributed by atoms with Crippen LogP contribution in [0.2, 0.25) is 39.3 Å². The number of rotatable bonds is 6. The van der Waals surface area contributed by atoms with Gasteiger partial charge in [-0.05, 0) is 52.1 Å². The Labute approximate surface area is 147 Å². The highest BCUT2D eigenvalue weighted by Crippen LogP contribution is 2.57. The normalized spacial score (nSPS) is 32.5. The van der Waals surface area contributed by atoms with Crippen molar-refractivity contribution in [3.63, 3.8) is 0 Å². The molecule has 2 fully saturated rings. The van der Waals surface area contributed by atoms with Gasteiger partial charge in [-0.25, -0.2) is 0 Å². The van der Waals surface area contributed by atoms with Gasteiger partial charge >= 0.3 is 0 Å². The lowest BCUT2D eigenvalue weighted by Gasteiger charge is -2.27. The summed E-state index contributed by atoms with van der Waals surface area (Å²) in [5.74, 6) is 0.188. The molecule has 4 atom stereocenters. The molecule has 24 heavy (non-hydrogen) atoms. The predicted molar refractivity (Wildman–Crippen MR) is 101 cm³/mol. The van der Waals surface area contributed by atoms with Crippen molar-refractivity contribution in [2.24, 2.45) is 0 Å². The predicted octanol–water partition coefficient (Wildman–Crippen LogP) is 4.07. The molecule has 1 aromatic carbocycles. The van der Waals surface area contributed by atoms with Crippen molar-refractivity contribution in [3.05, 3.63) is 35.9 Å². The molecule has 4 nitrogen and oxygen atoms in total. The Morgan fingerprint density at radius 1 is 1.08 bits per heavy atom. The molecule has 0 N–H and O–H groups in total. The first-order valence-corrected chi connectivity index (χ1v) is 15.6. The number of hydrogen-bond donors (Lipinski definition) is 0. The molecule has 6 heteroatoms. The number of Topliss-reactive ketones (excluding diaryl/α,β-unsaturated/α-hetero) is 1. The zero-order valence-electron chi connectivity index (χ0n) is 15.6. The third-order valence-corrected chi connectivity index (χ3v) is 6.29. The fraction of sp³-hybridized carbons (Fsp3) is 0.611. The van der Waals surface area contributed by atoms with Crippen LogP contribution >= 0.6 is 0 Å². The zero-order valence-corrected chi connectivity index (χ0v) is 17.6. The van der Waals surface area contributed by atoms with Gasteiger partial charge in [0.1, 0.15) is 5.54 Å². The number of piperidine rings is 1. The zero-order chi connectivity index (χ0) is 17.8. The molecule has 2 aliphatic rings. The number of hydroxylamine groups is 2. The van der Waals surface area contributed by atoms with E-state index in [0.717, 1.165) is 18.4 Å². The van der Waals surface area contributed by atoms with Crippen LogP contribution in [-0.2, 0) is 8.95 Å². The highest BCUT2D eigenvalue weighted by Gasteiger charge is 2.75. The van der Waals surface area contributed by atoms with Crippen LogP contribution in [0.15, 0.2) is 30.3 Å². The van der Waals surface area contributed by atoms with Crippen molar-refractivity contribution < 1.29 is 13.7 Å². The van der Waals surface area contributed by atoms with Crippen LogP contribution in [-0.4, -0.2) is 45.2 Å². The monoisotopic (exact) mass is 363 g/mol. The summed E-state index contributed by atoms with van der Waals surface area (Å²) < 4.78 is 12.7. The summed E-state index contributed by atoms with van der Waals surface area (Å²) in [4.78, 5) is 13.3. The Bertz CT molecular complexity index is 623. The van der Waals surface area contributed by atoms with Gasteiger partial charge in [0.05, 0.1) is 12.1 Å². The molecule has 4 unspecified atom stereocenters. The number of fused-ring (bicyclic) bond motifs is 1. The van der Waals surface area contributed by atoms with E-state index in [1.165, 1.54) is 0 Å². The summed E-state index contributed by atoms with van der Waals surface area (Å²) >= 11 is 0. The minimum absolute atomic E-state index is 0.0728. The molecule has 1 saturated carbocycles. The number of hydrogen-bond acceptors (Lipinski definition) is 4. The Kier molecular flexibility index (Phi) is 4.41. The van der Waals surface area contributed by atoms with Gasteiger partial charge in [-0.2, -0.15) is 5.06 Å². The first-order valence-electron chi connectivity index (χ1n) is 8.81. The smallest absolute Gasteiger partial charge is 0.212 e. The van der Waals surface area contributed by atoms with Crippen LogP contribution in [0, 0.1) is 0 Å². The van der Waals surface area contributed by atoms with Gasteiger partial charge in [0, 0.05) is 5.56 Å². The van der Waals surface area contributed by atoms with Gasteiger partial charge in [-0.3, -0.25) is 4.79 Å². The molecule has 1 aliphatic heterocycles. The molecule has 0 radical (unpaired) electrons. The number of carbonyl (C=O) groups is 1. The van der Waals surface area contributed by atoms with Gasteiger partial charge in [0.2, 0.25) is 8.32 Å². The maximum absolute atomic E-state index is 13.3. The maximum Gasteiger partial charge on any atom is 0.212 e. The molecule has 1 aliphatic carbocycles. The van der Waals surface area contributed by atoms with E-state index in [9.17, 15) is 4.79 Å². The average Bonchev–Trinajstić information content (AvgIpc) is 2.91. The van der Waals surface area contributed by atoms with E-state index < -0.39 is 22.2 Å². The fourth-order valence-corrected chi connectivity index (χ4v) is 5.79. The van der Waals surface area contributed by atoms with Crippen LogP contribution in [0.3, 0.4) is 0 Å². The van der Waals surface area contributed by atoms with Crippen LogP contribution in [0.5, 0.6) is 0 Å². The highest BCUT2D eigenvalue weighted by molar-refractivity contribution is 6.70. The summed E-state index contributed by atoms with van der Waals surface area (Å²) in [5, 5.41) is 1.99. The molecule has 0 aromatic heterocycles. The lowest BCUT2D eigenvalue weighted by molar-refractivity contribution is -0.0186. The summed E-state index contributed by atoms with van der Waals surface area (Å²) in [6.07, 6.45) is 1.88. The van der Waals surface area contributed by atoms with E-state index in [0.29, 0.717) is 0 Å². The molecule has 0 amide bonds. The second-order valence-electron chi connectivity index (χ2n) is 8.90. The van der Waals surface area contributed by atoms with Crippen molar-refractivity contribution in [2.75, 3.05) is 0 Å². The van der Waals surface area contributed by atoms with Crippen molar-refractivity contribution in [1.29, 1.82) is 0 Å². The second-order valence-corrected chi connectivity index (χ2v) is 17.8. The molecular weight excluding hydrogens is 334 g/mol. The van der Waals surface area contributed by atoms with Gasteiger partial charge in [0.25, 0.3) is 0 Å². The van der Waals surface area contributed by atoms with E-state index in [2.05, 4.69) is 39.3 Å². The van der Waals surface area contributed by atoms with Crippen molar-refractivity contribution in [1.82, 2.24) is 5.06 Å². The quantitative estimate of drug-likeness (QED) is 0.434. The van der Waals surface area contributed by atoms with Gasteiger partial charge in [-0.15, -0.1) is 0 Å².